The number of para-hydroxylation sites is 2. The van der Waals surface area contributed by atoms with Gasteiger partial charge < -0.3 is 9.52 Å². The topological polar surface area (TPSA) is 63.2 Å². The van der Waals surface area contributed by atoms with Gasteiger partial charge in [-0.2, -0.15) is 0 Å². The average molecular weight is 345 g/mol. The number of pyridine rings is 1. The second kappa shape index (κ2) is 6.92. The smallest absolute Gasteiger partial charge is 0.868 e. The Bertz CT molecular complexity index is 1210. The average Bonchev–Trinajstić information content (AvgIpc) is 3.13. The van der Waals surface area contributed by atoms with Crippen LogP contribution in [0.3, 0.4) is 0 Å². The zero-order valence-corrected chi connectivity index (χ0v) is 14.8. The van der Waals surface area contributed by atoms with Gasteiger partial charge >= 0.3 is 18.9 Å². The number of rotatable bonds is 2. The molecule has 1 N–H and O–H groups in total. The van der Waals surface area contributed by atoms with Crippen LogP contribution in [0, 0.1) is 0 Å². The Labute approximate surface area is 167 Å². The van der Waals surface area contributed by atoms with E-state index >= 15 is 0 Å². The van der Waals surface area contributed by atoms with E-state index in [9.17, 15) is 5.11 Å². The molecule has 0 bridgehead atoms. The molecule has 0 spiro atoms. The molecule has 27 heavy (non-hydrogen) atoms. The van der Waals surface area contributed by atoms with Crippen LogP contribution in [-0.2, 0) is 0 Å². The van der Waals surface area contributed by atoms with E-state index in [1.807, 2.05) is 72.8 Å². The molecule has 124 valence electrons. The number of aromatic nitrogens is 2. The molecule has 0 atom stereocenters. The Kier molecular flexibility index (Phi) is 4.45. The van der Waals surface area contributed by atoms with E-state index in [4.69, 9.17) is 4.42 Å². The van der Waals surface area contributed by atoms with E-state index in [1.165, 1.54) is 0 Å². The minimum atomic E-state index is -0.00212. The summed E-state index contributed by atoms with van der Waals surface area (Å²) in [7, 11) is 0. The second-order valence-electron chi connectivity index (χ2n) is 6.14. The van der Waals surface area contributed by atoms with Gasteiger partial charge in [-0.05, 0) is 53.3 Å². The molecular weight excluding hydrogens is 331 g/mol. The van der Waals surface area contributed by atoms with Gasteiger partial charge in [0.05, 0.1) is 0 Å². The van der Waals surface area contributed by atoms with Gasteiger partial charge in [-0.25, -0.2) is 9.97 Å². The van der Waals surface area contributed by atoms with Gasteiger partial charge in [-0.3, -0.25) is 0 Å². The summed E-state index contributed by atoms with van der Waals surface area (Å²) in [6.07, 6.45) is 1.77. The van der Waals surface area contributed by atoms with Gasteiger partial charge in [0.25, 0.3) is 0 Å². The maximum Gasteiger partial charge on any atom is 1.00 e. The van der Waals surface area contributed by atoms with Gasteiger partial charge in [0.1, 0.15) is 5.52 Å². The Hall–Kier alpha value is -3.06. The Morgan fingerprint density at radius 1 is 0.815 bits per heavy atom. The summed E-state index contributed by atoms with van der Waals surface area (Å²) in [6.45, 7) is 0. The molecule has 5 aromatic rings. The number of fused-ring (bicyclic) bond motifs is 2. The van der Waals surface area contributed by atoms with Crippen molar-refractivity contribution in [3.63, 3.8) is 0 Å². The number of benzene rings is 3. The molecule has 4 nitrogen and oxygen atoms in total. The Morgan fingerprint density at radius 3 is 2.41 bits per heavy atom. The normalized spacial score (nSPS) is 10.8. The van der Waals surface area contributed by atoms with Crippen LogP contribution in [0.5, 0.6) is 5.75 Å². The van der Waals surface area contributed by atoms with E-state index in [-0.39, 0.29) is 24.6 Å². The van der Waals surface area contributed by atoms with Gasteiger partial charge in [0, 0.05) is 17.0 Å². The van der Waals surface area contributed by atoms with E-state index in [0.717, 1.165) is 27.6 Å². The van der Waals surface area contributed by atoms with E-state index < -0.39 is 0 Å². The molecule has 0 fully saturated rings. The number of oxazole rings is 1. The number of nitrogens with zero attached hydrogens (tertiary/aromatic N) is 1. The zero-order chi connectivity index (χ0) is 17.5. The fourth-order valence-electron chi connectivity index (χ4n) is 3.18. The van der Waals surface area contributed by atoms with Crippen molar-refractivity contribution in [1.82, 2.24) is 4.98 Å². The zero-order valence-electron chi connectivity index (χ0n) is 14.8. The first-order chi connectivity index (χ1) is 12.8. The molecule has 0 aliphatic rings. The summed E-state index contributed by atoms with van der Waals surface area (Å²) in [5.41, 5.74) is 4.63. The van der Waals surface area contributed by atoms with Crippen molar-refractivity contribution in [1.29, 1.82) is 0 Å². The fraction of sp³-hybridized carbons (Fsp3) is 0. The number of nitrogens with one attached hydrogen (secondary N) is 1. The SMILES string of the molecule is [Li+].[O-]c1c(-c2ccc(-c3nc4ccccc4o3)cc2)ccc2ccc[nH+]c12. The third-order valence-corrected chi connectivity index (χ3v) is 4.53. The summed E-state index contributed by atoms with van der Waals surface area (Å²) < 4.78 is 5.80. The molecule has 3 aromatic carbocycles. The van der Waals surface area contributed by atoms with Crippen LogP contribution in [0.25, 0.3) is 44.6 Å². The summed E-state index contributed by atoms with van der Waals surface area (Å²) in [5, 5.41) is 13.6. The molecule has 2 heterocycles. The predicted molar refractivity (Wildman–Crippen MR) is 98.4 cm³/mol. The molecule has 0 saturated heterocycles. The summed E-state index contributed by atoms with van der Waals surface area (Å²) in [5.74, 6) is 0.574. The van der Waals surface area contributed by atoms with Crippen LogP contribution in [0.1, 0.15) is 0 Å². The van der Waals surface area contributed by atoms with Crippen molar-refractivity contribution in [2.45, 2.75) is 0 Å². The van der Waals surface area contributed by atoms with E-state index in [1.54, 1.807) is 6.20 Å². The van der Waals surface area contributed by atoms with Gasteiger partial charge in [0.2, 0.25) is 11.4 Å². The van der Waals surface area contributed by atoms with Crippen molar-refractivity contribution in [2.24, 2.45) is 0 Å². The monoisotopic (exact) mass is 345 g/mol. The second-order valence-corrected chi connectivity index (χ2v) is 6.14. The largest absolute Gasteiger partial charge is 1.00 e. The number of hydrogen-bond donors (Lipinski definition) is 0. The van der Waals surface area contributed by atoms with Gasteiger partial charge in [-0.1, -0.05) is 30.3 Å². The van der Waals surface area contributed by atoms with E-state index in [0.29, 0.717) is 17.0 Å². The molecule has 0 radical (unpaired) electrons. The van der Waals surface area contributed by atoms with Crippen LogP contribution < -0.4 is 29.0 Å². The van der Waals surface area contributed by atoms with Crippen LogP contribution in [0.4, 0.5) is 0 Å². The quantitative estimate of drug-likeness (QED) is 0.452. The summed E-state index contributed by atoms with van der Waals surface area (Å²) >= 11 is 0. The fourth-order valence-corrected chi connectivity index (χ4v) is 3.18. The third-order valence-electron chi connectivity index (χ3n) is 4.53. The summed E-state index contributed by atoms with van der Waals surface area (Å²) in [6, 6.07) is 23.0. The van der Waals surface area contributed by atoms with E-state index in [2.05, 4.69) is 9.97 Å². The van der Waals surface area contributed by atoms with Gasteiger partial charge in [-0.15, -0.1) is 0 Å². The standard InChI is InChI=1S/C22H14N2O2.Li/c25-21-17(12-11-15-4-3-13-23-20(15)21)14-7-9-16(10-8-14)22-24-18-5-1-2-6-19(18)26-22;/h1-13,25H;/q;+1. The molecule has 5 rings (SSSR count). The van der Waals surface area contributed by atoms with Crippen LogP contribution in [-0.4, -0.2) is 4.98 Å². The van der Waals surface area contributed by atoms with Crippen molar-refractivity contribution in [2.75, 3.05) is 0 Å². The van der Waals surface area contributed by atoms with Crippen LogP contribution in [0.15, 0.2) is 83.4 Å². The number of H-pyrrole nitrogens is 1. The molecule has 0 unspecified atom stereocenters. The molecule has 0 aliphatic heterocycles. The maximum absolute atomic E-state index is 12.7. The first kappa shape index (κ1) is 17.4. The maximum atomic E-state index is 12.7. The van der Waals surface area contributed by atoms with Crippen molar-refractivity contribution in [3.05, 3.63) is 79.0 Å². The summed E-state index contributed by atoms with van der Waals surface area (Å²) in [4.78, 5) is 7.55. The molecule has 0 amide bonds. The van der Waals surface area contributed by atoms with Crippen molar-refractivity contribution >= 4 is 22.0 Å². The molecule has 0 saturated carbocycles. The Balaban J connectivity index is 0.00000180. The Morgan fingerprint density at radius 2 is 1.59 bits per heavy atom. The first-order valence-electron chi connectivity index (χ1n) is 8.36. The predicted octanol–water partition coefficient (Wildman–Crippen LogP) is 1.21. The molecule has 5 heteroatoms. The van der Waals surface area contributed by atoms with Crippen molar-refractivity contribution in [3.8, 4) is 28.3 Å². The molecular formula is C22H14LiN2O2+. The third kappa shape index (κ3) is 3.00. The van der Waals surface area contributed by atoms with Crippen LogP contribution in [0.2, 0.25) is 0 Å². The van der Waals surface area contributed by atoms with Gasteiger partial charge in [0.15, 0.2) is 11.8 Å². The molecule has 0 aliphatic carbocycles. The number of aromatic amines is 1. The van der Waals surface area contributed by atoms with Crippen LogP contribution >= 0.6 is 0 Å². The number of hydrogen-bond acceptors (Lipinski definition) is 3. The minimum Gasteiger partial charge on any atom is -0.868 e. The minimum absolute atomic E-state index is 0. The molecule has 2 aromatic heterocycles. The van der Waals surface area contributed by atoms with Crippen molar-refractivity contribution < 1.29 is 33.4 Å². The first-order valence-corrected chi connectivity index (χ1v) is 8.36.